The van der Waals surface area contributed by atoms with Gasteiger partial charge in [0.2, 0.25) is 0 Å². The van der Waals surface area contributed by atoms with Crippen molar-refractivity contribution in [3.05, 3.63) is 29.6 Å². The van der Waals surface area contributed by atoms with Gasteiger partial charge in [0.05, 0.1) is 16.4 Å². The zero-order valence-electron chi connectivity index (χ0n) is 13.1. The fourth-order valence-electron chi connectivity index (χ4n) is 3.06. The number of halogens is 1. The summed E-state index contributed by atoms with van der Waals surface area (Å²) in [5.41, 5.74) is 3.54. The molecule has 0 saturated heterocycles. The van der Waals surface area contributed by atoms with Crippen LogP contribution >= 0.6 is 11.6 Å². The predicted octanol–water partition coefficient (Wildman–Crippen LogP) is 4.13. The van der Waals surface area contributed by atoms with E-state index in [0.717, 1.165) is 37.0 Å². The van der Waals surface area contributed by atoms with E-state index in [0.29, 0.717) is 0 Å². The highest BCUT2D eigenvalue weighted by Crippen LogP contribution is 2.28. The van der Waals surface area contributed by atoms with Crippen molar-refractivity contribution in [3.63, 3.8) is 0 Å². The van der Waals surface area contributed by atoms with Crippen LogP contribution in [0.4, 0.5) is 0 Å². The summed E-state index contributed by atoms with van der Waals surface area (Å²) < 4.78 is 2.31. The molecule has 21 heavy (non-hydrogen) atoms. The van der Waals surface area contributed by atoms with Gasteiger partial charge in [-0.2, -0.15) is 0 Å². The first kappa shape index (κ1) is 14.9. The van der Waals surface area contributed by atoms with Crippen LogP contribution in [-0.4, -0.2) is 33.6 Å². The standard InChI is InChI=1S/C17H24ClN3/c1-4-20(14-6-7-14)9-10-21-16-11-12(2)5-8-15(16)19-17(21)13(3)18/h5,8,11,13-14H,4,6-7,9-10H2,1-3H3. The van der Waals surface area contributed by atoms with E-state index in [1.807, 2.05) is 6.92 Å². The van der Waals surface area contributed by atoms with Crippen LogP contribution < -0.4 is 0 Å². The minimum Gasteiger partial charge on any atom is -0.325 e. The number of imidazole rings is 1. The van der Waals surface area contributed by atoms with Gasteiger partial charge in [-0.25, -0.2) is 4.98 Å². The Kier molecular flexibility index (Phi) is 4.23. The van der Waals surface area contributed by atoms with Crippen molar-refractivity contribution in [2.45, 2.75) is 51.6 Å². The number of hydrogen-bond donors (Lipinski definition) is 0. The fourth-order valence-corrected chi connectivity index (χ4v) is 3.22. The SMILES string of the molecule is CCN(CCn1c(C(C)Cl)nc2ccc(C)cc21)C1CC1. The second-order valence-corrected chi connectivity index (χ2v) is 6.74. The zero-order valence-corrected chi connectivity index (χ0v) is 13.9. The van der Waals surface area contributed by atoms with Crippen molar-refractivity contribution in [1.29, 1.82) is 0 Å². The van der Waals surface area contributed by atoms with Gasteiger partial charge in [0.15, 0.2) is 0 Å². The van der Waals surface area contributed by atoms with Crippen molar-refractivity contribution in [2.24, 2.45) is 0 Å². The van der Waals surface area contributed by atoms with Crippen LogP contribution in [0.5, 0.6) is 0 Å². The minimum absolute atomic E-state index is 0.0614. The first-order valence-corrected chi connectivity index (χ1v) is 8.38. The molecule has 1 fully saturated rings. The van der Waals surface area contributed by atoms with Crippen molar-refractivity contribution < 1.29 is 0 Å². The molecule has 0 N–H and O–H groups in total. The molecular formula is C17H24ClN3. The molecule has 0 spiro atoms. The lowest BCUT2D eigenvalue weighted by Gasteiger charge is -2.21. The Morgan fingerprint density at radius 3 is 2.81 bits per heavy atom. The third-order valence-corrected chi connectivity index (χ3v) is 4.56. The number of fused-ring (bicyclic) bond motifs is 1. The summed E-state index contributed by atoms with van der Waals surface area (Å²) in [6.45, 7) is 9.56. The van der Waals surface area contributed by atoms with Crippen LogP contribution in [0, 0.1) is 6.92 Å². The summed E-state index contributed by atoms with van der Waals surface area (Å²) in [6.07, 6.45) is 2.72. The quantitative estimate of drug-likeness (QED) is 0.748. The average molecular weight is 306 g/mol. The smallest absolute Gasteiger partial charge is 0.127 e. The van der Waals surface area contributed by atoms with E-state index in [9.17, 15) is 0 Å². The largest absolute Gasteiger partial charge is 0.325 e. The number of rotatable bonds is 6. The van der Waals surface area contributed by atoms with Crippen LogP contribution in [0.1, 0.15) is 43.5 Å². The van der Waals surface area contributed by atoms with Gasteiger partial charge in [0.25, 0.3) is 0 Å². The molecule has 1 aliphatic rings. The molecule has 1 atom stereocenters. The van der Waals surface area contributed by atoms with Crippen molar-refractivity contribution in [3.8, 4) is 0 Å². The van der Waals surface area contributed by atoms with E-state index in [1.165, 1.54) is 23.9 Å². The van der Waals surface area contributed by atoms with E-state index in [-0.39, 0.29) is 5.38 Å². The first-order chi connectivity index (χ1) is 10.1. The molecular weight excluding hydrogens is 282 g/mol. The van der Waals surface area contributed by atoms with E-state index in [4.69, 9.17) is 16.6 Å². The molecule has 1 aromatic heterocycles. The molecule has 0 amide bonds. The van der Waals surface area contributed by atoms with Crippen molar-refractivity contribution in [1.82, 2.24) is 14.5 Å². The number of likely N-dealkylation sites (N-methyl/N-ethyl adjacent to an activating group) is 1. The Labute approximate surface area is 131 Å². The Morgan fingerprint density at radius 1 is 1.43 bits per heavy atom. The molecule has 0 bridgehead atoms. The number of nitrogens with zero attached hydrogens (tertiary/aromatic N) is 3. The second kappa shape index (κ2) is 5.98. The summed E-state index contributed by atoms with van der Waals surface area (Å²) in [5.74, 6) is 0.990. The Bertz CT molecular complexity index is 628. The third kappa shape index (κ3) is 3.09. The van der Waals surface area contributed by atoms with Crippen LogP contribution in [0.25, 0.3) is 11.0 Å². The van der Waals surface area contributed by atoms with Crippen LogP contribution in [0.2, 0.25) is 0 Å². The average Bonchev–Trinajstić information content (AvgIpc) is 3.22. The highest BCUT2D eigenvalue weighted by Gasteiger charge is 2.27. The summed E-state index contributed by atoms with van der Waals surface area (Å²) in [4.78, 5) is 7.30. The Balaban J connectivity index is 1.90. The summed E-state index contributed by atoms with van der Waals surface area (Å²) in [6, 6.07) is 7.25. The fraction of sp³-hybridized carbons (Fsp3) is 0.588. The van der Waals surface area contributed by atoms with Gasteiger partial charge >= 0.3 is 0 Å². The molecule has 1 aromatic carbocycles. The molecule has 4 heteroatoms. The first-order valence-electron chi connectivity index (χ1n) is 7.95. The zero-order chi connectivity index (χ0) is 15.0. The third-order valence-electron chi connectivity index (χ3n) is 4.37. The molecule has 1 unspecified atom stereocenters. The summed E-state index contributed by atoms with van der Waals surface area (Å²) >= 11 is 6.35. The summed E-state index contributed by atoms with van der Waals surface area (Å²) in [7, 11) is 0. The second-order valence-electron chi connectivity index (χ2n) is 6.09. The molecule has 1 aliphatic carbocycles. The molecule has 0 radical (unpaired) electrons. The van der Waals surface area contributed by atoms with Crippen molar-refractivity contribution in [2.75, 3.05) is 13.1 Å². The van der Waals surface area contributed by atoms with E-state index in [1.54, 1.807) is 0 Å². The van der Waals surface area contributed by atoms with Crippen LogP contribution in [-0.2, 0) is 6.54 Å². The number of alkyl halides is 1. The highest BCUT2D eigenvalue weighted by atomic mass is 35.5. The summed E-state index contributed by atoms with van der Waals surface area (Å²) in [5, 5.41) is -0.0614. The predicted molar refractivity (Wildman–Crippen MR) is 89.0 cm³/mol. The molecule has 0 aliphatic heterocycles. The number of hydrogen-bond acceptors (Lipinski definition) is 2. The van der Waals surface area contributed by atoms with Gasteiger partial charge in [-0.05, 0) is 50.9 Å². The number of benzene rings is 1. The lowest BCUT2D eigenvalue weighted by Crippen LogP contribution is -2.29. The van der Waals surface area contributed by atoms with Crippen LogP contribution in [0.15, 0.2) is 18.2 Å². The molecule has 114 valence electrons. The molecule has 3 rings (SSSR count). The lowest BCUT2D eigenvalue weighted by atomic mass is 10.2. The van der Waals surface area contributed by atoms with Gasteiger partial charge in [-0.15, -0.1) is 11.6 Å². The highest BCUT2D eigenvalue weighted by molar-refractivity contribution is 6.20. The maximum Gasteiger partial charge on any atom is 0.127 e. The Hall–Kier alpha value is -1.06. The van der Waals surface area contributed by atoms with E-state index in [2.05, 4.69) is 41.5 Å². The number of aryl methyl sites for hydroxylation is 1. The Morgan fingerprint density at radius 2 is 2.19 bits per heavy atom. The van der Waals surface area contributed by atoms with Gasteiger partial charge in [-0.3, -0.25) is 4.90 Å². The maximum atomic E-state index is 6.35. The van der Waals surface area contributed by atoms with Crippen LogP contribution in [0.3, 0.4) is 0 Å². The van der Waals surface area contributed by atoms with Gasteiger partial charge in [0.1, 0.15) is 5.82 Å². The van der Waals surface area contributed by atoms with Gasteiger partial charge in [0, 0.05) is 19.1 Å². The minimum atomic E-state index is -0.0614. The van der Waals surface area contributed by atoms with E-state index >= 15 is 0 Å². The number of aromatic nitrogens is 2. The molecule has 2 aromatic rings. The van der Waals surface area contributed by atoms with Gasteiger partial charge < -0.3 is 4.57 Å². The monoisotopic (exact) mass is 305 g/mol. The molecule has 1 saturated carbocycles. The van der Waals surface area contributed by atoms with Crippen molar-refractivity contribution >= 4 is 22.6 Å². The normalized spacial score (nSPS) is 16.8. The van der Waals surface area contributed by atoms with Gasteiger partial charge in [-0.1, -0.05) is 13.0 Å². The molecule has 1 heterocycles. The lowest BCUT2D eigenvalue weighted by molar-refractivity contribution is 0.266. The molecule has 3 nitrogen and oxygen atoms in total. The topological polar surface area (TPSA) is 21.1 Å². The maximum absolute atomic E-state index is 6.35. The van der Waals surface area contributed by atoms with E-state index < -0.39 is 0 Å².